The second kappa shape index (κ2) is 6.89. The molecule has 0 aliphatic carbocycles. The van der Waals surface area contributed by atoms with Gasteiger partial charge in [-0.1, -0.05) is 23.7 Å². The molecule has 0 atom stereocenters. The Kier molecular flexibility index (Phi) is 6.06. The molecule has 1 aromatic rings. The van der Waals surface area contributed by atoms with Gasteiger partial charge in [-0.25, -0.2) is 8.42 Å². The summed E-state index contributed by atoms with van der Waals surface area (Å²) in [6.45, 7) is 1.94. The molecule has 0 aromatic carbocycles. The van der Waals surface area contributed by atoms with Gasteiger partial charge in [0.25, 0.3) is 10.0 Å². The average Bonchev–Trinajstić information content (AvgIpc) is 2.69. The van der Waals surface area contributed by atoms with Crippen LogP contribution in [0, 0.1) is 0 Å². The summed E-state index contributed by atoms with van der Waals surface area (Å²) in [6, 6.07) is 1.38. The van der Waals surface area contributed by atoms with Gasteiger partial charge in [0, 0.05) is 6.54 Å². The molecule has 0 spiro atoms. The molecule has 0 saturated carbocycles. The molecule has 0 radical (unpaired) electrons. The molecule has 0 aliphatic heterocycles. The first-order valence-corrected chi connectivity index (χ1v) is 8.67. The van der Waals surface area contributed by atoms with Crippen molar-refractivity contribution in [3.05, 3.63) is 14.9 Å². The van der Waals surface area contributed by atoms with Crippen molar-refractivity contribution in [1.82, 2.24) is 4.31 Å². The van der Waals surface area contributed by atoms with E-state index in [1.54, 1.807) is 0 Å². The van der Waals surface area contributed by atoms with E-state index >= 15 is 0 Å². The van der Waals surface area contributed by atoms with Gasteiger partial charge in [0.2, 0.25) is 0 Å². The molecule has 19 heavy (non-hydrogen) atoms. The zero-order valence-electron chi connectivity index (χ0n) is 10.0. The SMILES string of the molecule is CCCN(CC(N)=NO)S(=O)(=O)c1cc(Cl)c(Br)s1. The monoisotopic (exact) mass is 389 g/mol. The minimum Gasteiger partial charge on any atom is -0.409 e. The number of oxime groups is 1. The zero-order valence-corrected chi connectivity index (χ0v) is 14.0. The van der Waals surface area contributed by atoms with E-state index < -0.39 is 10.0 Å². The number of halogens is 2. The van der Waals surface area contributed by atoms with Gasteiger partial charge in [0.1, 0.15) is 4.21 Å². The van der Waals surface area contributed by atoms with Crippen LogP contribution >= 0.6 is 38.9 Å². The van der Waals surface area contributed by atoms with Gasteiger partial charge in [0.15, 0.2) is 5.84 Å². The molecule has 0 amide bonds. The van der Waals surface area contributed by atoms with E-state index in [0.717, 1.165) is 15.6 Å². The lowest BCUT2D eigenvalue weighted by molar-refractivity contribution is 0.314. The highest BCUT2D eigenvalue weighted by molar-refractivity contribution is 9.11. The number of rotatable bonds is 6. The molecule has 0 unspecified atom stereocenters. The second-order valence-corrected chi connectivity index (χ2v) is 8.56. The first-order chi connectivity index (χ1) is 8.82. The molecule has 1 heterocycles. The maximum atomic E-state index is 12.4. The Morgan fingerprint density at radius 1 is 1.68 bits per heavy atom. The second-order valence-electron chi connectivity index (χ2n) is 3.62. The number of sulfonamides is 1. The summed E-state index contributed by atoms with van der Waals surface area (Å²) in [5.74, 6) is -0.168. The Bertz CT molecular complexity index is 554. The van der Waals surface area contributed by atoms with E-state index in [2.05, 4.69) is 21.1 Å². The number of hydrogen-bond donors (Lipinski definition) is 2. The summed E-state index contributed by atoms with van der Waals surface area (Å²) >= 11 is 10.0. The van der Waals surface area contributed by atoms with Crippen LogP contribution in [0.4, 0.5) is 0 Å². The Balaban J connectivity index is 3.12. The van der Waals surface area contributed by atoms with Crippen LogP contribution in [0.15, 0.2) is 19.2 Å². The lowest BCUT2D eigenvalue weighted by Gasteiger charge is -2.19. The fourth-order valence-electron chi connectivity index (χ4n) is 1.33. The Morgan fingerprint density at radius 3 is 2.74 bits per heavy atom. The molecule has 0 fully saturated rings. The zero-order chi connectivity index (χ0) is 14.6. The predicted octanol–water partition coefficient (Wildman–Crippen LogP) is 2.31. The molecule has 6 nitrogen and oxygen atoms in total. The van der Waals surface area contributed by atoms with E-state index in [0.29, 0.717) is 15.2 Å². The van der Waals surface area contributed by atoms with E-state index in [-0.39, 0.29) is 23.1 Å². The van der Waals surface area contributed by atoms with Crippen molar-refractivity contribution in [2.24, 2.45) is 10.9 Å². The van der Waals surface area contributed by atoms with Crippen molar-refractivity contribution in [3.63, 3.8) is 0 Å². The van der Waals surface area contributed by atoms with Crippen molar-refractivity contribution >= 4 is 54.7 Å². The van der Waals surface area contributed by atoms with Crippen LogP contribution in [0.5, 0.6) is 0 Å². The average molecular weight is 391 g/mol. The highest BCUT2D eigenvalue weighted by Gasteiger charge is 2.27. The lowest BCUT2D eigenvalue weighted by Crippen LogP contribution is -2.38. The van der Waals surface area contributed by atoms with Crippen LogP contribution in [-0.2, 0) is 10.0 Å². The van der Waals surface area contributed by atoms with Gasteiger partial charge < -0.3 is 10.9 Å². The number of nitrogens with two attached hydrogens (primary N) is 1. The molecular weight excluding hydrogens is 378 g/mol. The van der Waals surface area contributed by atoms with Gasteiger partial charge in [-0.2, -0.15) is 4.31 Å². The lowest BCUT2D eigenvalue weighted by atomic mass is 10.4. The molecular formula is C9H13BrClN3O3S2. The molecule has 1 rings (SSSR count). The van der Waals surface area contributed by atoms with Crippen LogP contribution in [0.3, 0.4) is 0 Å². The minimum atomic E-state index is -3.70. The molecule has 1 aromatic heterocycles. The molecule has 0 bridgehead atoms. The molecule has 108 valence electrons. The van der Waals surface area contributed by atoms with Crippen molar-refractivity contribution in [2.45, 2.75) is 17.6 Å². The third kappa shape index (κ3) is 4.06. The molecule has 10 heteroatoms. The summed E-state index contributed by atoms with van der Waals surface area (Å²) < 4.78 is 26.6. The normalized spacial score (nSPS) is 13.2. The summed E-state index contributed by atoms with van der Waals surface area (Å²) in [6.07, 6.45) is 0.609. The van der Waals surface area contributed by atoms with Gasteiger partial charge in [0.05, 0.1) is 15.4 Å². The van der Waals surface area contributed by atoms with Crippen LogP contribution in [0.2, 0.25) is 5.02 Å². The molecule has 0 aliphatic rings. The standard InChI is InChI=1S/C9H13BrClN3O3S2/c1-2-3-14(5-7(12)13-15)19(16,17)8-4-6(11)9(10)18-8/h4,15H,2-3,5H2,1H3,(H2,12,13). The largest absolute Gasteiger partial charge is 0.409 e. The Morgan fingerprint density at radius 2 is 2.32 bits per heavy atom. The number of hydrogen-bond acceptors (Lipinski definition) is 5. The van der Waals surface area contributed by atoms with Crippen LogP contribution in [0.25, 0.3) is 0 Å². The Hall–Kier alpha value is -0.350. The van der Waals surface area contributed by atoms with E-state index in [1.807, 2.05) is 6.92 Å². The number of thiophene rings is 1. The fraction of sp³-hybridized carbons (Fsp3) is 0.444. The van der Waals surface area contributed by atoms with E-state index in [4.69, 9.17) is 22.5 Å². The summed E-state index contributed by atoms with van der Waals surface area (Å²) in [7, 11) is -3.70. The number of nitrogens with zero attached hydrogens (tertiary/aromatic N) is 2. The van der Waals surface area contributed by atoms with Crippen LogP contribution in [-0.4, -0.2) is 36.9 Å². The number of amidine groups is 1. The quantitative estimate of drug-likeness (QED) is 0.337. The first-order valence-electron chi connectivity index (χ1n) is 5.24. The van der Waals surface area contributed by atoms with Gasteiger partial charge in [-0.15, -0.1) is 11.3 Å². The van der Waals surface area contributed by atoms with Crippen molar-refractivity contribution in [1.29, 1.82) is 0 Å². The van der Waals surface area contributed by atoms with Crippen molar-refractivity contribution < 1.29 is 13.6 Å². The van der Waals surface area contributed by atoms with E-state index in [9.17, 15) is 8.42 Å². The fourth-order valence-corrected chi connectivity index (χ4v) is 5.38. The third-order valence-corrected chi connectivity index (χ3v) is 6.93. The van der Waals surface area contributed by atoms with Gasteiger partial charge >= 0.3 is 0 Å². The molecule has 3 N–H and O–H groups in total. The summed E-state index contributed by atoms with van der Waals surface area (Å²) in [4.78, 5) is 0. The highest BCUT2D eigenvalue weighted by Crippen LogP contribution is 2.35. The summed E-state index contributed by atoms with van der Waals surface area (Å²) in [5, 5.41) is 11.7. The summed E-state index contributed by atoms with van der Waals surface area (Å²) in [5.41, 5.74) is 5.38. The maximum Gasteiger partial charge on any atom is 0.253 e. The van der Waals surface area contributed by atoms with Gasteiger partial charge in [-0.05, 0) is 28.4 Å². The van der Waals surface area contributed by atoms with Crippen molar-refractivity contribution in [2.75, 3.05) is 13.1 Å². The first kappa shape index (κ1) is 16.7. The maximum absolute atomic E-state index is 12.4. The topological polar surface area (TPSA) is 96.0 Å². The predicted molar refractivity (Wildman–Crippen MR) is 79.5 cm³/mol. The highest BCUT2D eigenvalue weighted by atomic mass is 79.9. The Labute approximate surface area is 129 Å². The van der Waals surface area contributed by atoms with Gasteiger partial charge in [-0.3, -0.25) is 0 Å². The third-order valence-electron chi connectivity index (χ3n) is 2.16. The molecule has 0 saturated heterocycles. The van der Waals surface area contributed by atoms with Crippen LogP contribution in [0.1, 0.15) is 13.3 Å². The minimum absolute atomic E-state index is 0.114. The van der Waals surface area contributed by atoms with Crippen LogP contribution < -0.4 is 5.73 Å². The van der Waals surface area contributed by atoms with E-state index in [1.165, 1.54) is 6.07 Å². The van der Waals surface area contributed by atoms with Crippen molar-refractivity contribution in [3.8, 4) is 0 Å². The smallest absolute Gasteiger partial charge is 0.253 e.